The van der Waals surface area contributed by atoms with Crippen molar-refractivity contribution < 1.29 is 19.4 Å². The Kier molecular flexibility index (Phi) is 4.80. The van der Waals surface area contributed by atoms with E-state index in [9.17, 15) is 14.7 Å². The molecular formula is C14H23NO4. The van der Waals surface area contributed by atoms with Crippen LogP contribution in [0.4, 0.5) is 0 Å². The summed E-state index contributed by atoms with van der Waals surface area (Å²) in [7, 11) is 0. The van der Waals surface area contributed by atoms with Crippen molar-refractivity contribution in [3.8, 4) is 0 Å². The quantitative estimate of drug-likeness (QED) is 0.846. The van der Waals surface area contributed by atoms with Gasteiger partial charge in [0.25, 0.3) is 0 Å². The average molecular weight is 269 g/mol. The Labute approximate surface area is 113 Å². The monoisotopic (exact) mass is 269 g/mol. The van der Waals surface area contributed by atoms with Gasteiger partial charge in [0.05, 0.1) is 12.5 Å². The van der Waals surface area contributed by atoms with Gasteiger partial charge in [-0.15, -0.1) is 0 Å². The third-order valence-corrected chi connectivity index (χ3v) is 4.18. The fraction of sp³-hybridized carbons (Fsp3) is 0.857. The van der Waals surface area contributed by atoms with Crippen LogP contribution in [0.1, 0.15) is 45.4 Å². The average Bonchev–Trinajstić information content (AvgIpc) is 2.39. The molecule has 2 heterocycles. The van der Waals surface area contributed by atoms with E-state index in [1.54, 1.807) is 4.90 Å². The zero-order chi connectivity index (χ0) is 13.8. The molecule has 0 bridgehead atoms. The van der Waals surface area contributed by atoms with Crippen molar-refractivity contribution >= 4 is 11.9 Å². The molecule has 5 heteroatoms. The van der Waals surface area contributed by atoms with Crippen LogP contribution in [0.25, 0.3) is 0 Å². The molecule has 108 valence electrons. The molecule has 5 nitrogen and oxygen atoms in total. The number of nitrogens with zero attached hydrogens (tertiary/aromatic N) is 1. The standard InChI is InChI=1S/C14H23NO4/c1-10-5-4-7-15(13(10)14(17)18)12(16)9-11-6-2-3-8-19-11/h10-11,13H,2-9H2,1H3,(H,17,18). The highest BCUT2D eigenvalue weighted by atomic mass is 16.5. The minimum Gasteiger partial charge on any atom is -0.480 e. The highest BCUT2D eigenvalue weighted by Gasteiger charge is 2.37. The Hall–Kier alpha value is -1.10. The first-order valence-electron chi connectivity index (χ1n) is 7.23. The van der Waals surface area contributed by atoms with E-state index in [1.165, 1.54) is 0 Å². The lowest BCUT2D eigenvalue weighted by Gasteiger charge is -2.38. The number of carboxylic acids is 1. The molecule has 0 saturated carbocycles. The Balaban J connectivity index is 1.97. The summed E-state index contributed by atoms with van der Waals surface area (Å²) in [6.45, 7) is 3.19. The van der Waals surface area contributed by atoms with E-state index >= 15 is 0 Å². The summed E-state index contributed by atoms with van der Waals surface area (Å²) in [6, 6.07) is -0.662. The van der Waals surface area contributed by atoms with E-state index in [-0.39, 0.29) is 17.9 Å². The van der Waals surface area contributed by atoms with Crippen LogP contribution in [0.2, 0.25) is 0 Å². The second-order valence-electron chi connectivity index (χ2n) is 5.68. The number of hydrogen-bond acceptors (Lipinski definition) is 3. The third-order valence-electron chi connectivity index (χ3n) is 4.18. The van der Waals surface area contributed by atoms with Crippen molar-refractivity contribution in [1.82, 2.24) is 4.90 Å². The summed E-state index contributed by atoms with van der Waals surface area (Å²) in [5, 5.41) is 9.31. The molecule has 19 heavy (non-hydrogen) atoms. The predicted octanol–water partition coefficient (Wildman–Crippen LogP) is 1.66. The second-order valence-corrected chi connectivity index (χ2v) is 5.68. The molecular weight excluding hydrogens is 246 g/mol. The van der Waals surface area contributed by atoms with E-state index in [0.29, 0.717) is 13.0 Å². The van der Waals surface area contributed by atoms with Gasteiger partial charge >= 0.3 is 5.97 Å². The number of aliphatic carboxylic acids is 1. The maximum atomic E-state index is 12.3. The molecule has 2 fully saturated rings. The SMILES string of the molecule is CC1CCCN(C(=O)CC2CCCCO2)C1C(=O)O. The van der Waals surface area contributed by atoms with Crippen LogP contribution in [-0.2, 0) is 14.3 Å². The van der Waals surface area contributed by atoms with E-state index in [2.05, 4.69) is 0 Å². The van der Waals surface area contributed by atoms with E-state index in [0.717, 1.165) is 38.7 Å². The normalized spacial score (nSPS) is 32.1. The lowest BCUT2D eigenvalue weighted by atomic mass is 9.90. The van der Waals surface area contributed by atoms with Crippen LogP contribution in [0, 0.1) is 5.92 Å². The van der Waals surface area contributed by atoms with Crippen molar-refractivity contribution in [2.75, 3.05) is 13.2 Å². The molecule has 0 spiro atoms. The molecule has 3 unspecified atom stereocenters. The van der Waals surface area contributed by atoms with Crippen molar-refractivity contribution in [2.24, 2.45) is 5.92 Å². The van der Waals surface area contributed by atoms with Gasteiger partial charge in [-0.25, -0.2) is 4.79 Å². The number of piperidine rings is 1. The molecule has 2 aliphatic rings. The Bertz CT molecular complexity index is 338. The number of carboxylic acid groups (broad SMARTS) is 1. The van der Waals surface area contributed by atoms with Gasteiger partial charge in [-0.3, -0.25) is 4.79 Å². The van der Waals surface area contributed by atoms with Gasteiger partial charge in [0.15, 0.2) is 0 Å². The fourth-order valence-electron chi connectivity index (χ4n) is 3.12. The van der Waals surface area contributed by atoms with Crippen molar-refractivity contribution in [2.45, 2.75) is 57.6 Å². The van der Waals surface area contributed by atoms with Crippen LogP contribution in [0.3, 0.4) is 0 Å². The Morgan fingerprint density at radius 1 is 1.26 bits per heavy atom. The van der Waals surface area contributed by atoms with Crippen molar-refractivity contribution in [3.05, 3.63) is 0 Å². The fourth-order valence-corrected chi connectivity index (χ4v) is 3.12. The molecule has 0 radical (unpaired) electrons. The topological polar surface area (TPSA) is 66.8 Å². The second kappa shape index (κ2) is 6.37. The smallest absolute Gasteiger partial charge is 0.326 e. The summed E-state index contributed by atoms with van der Waals surface area (Å²) in [4.78, 5) is 25.2. The van der Waals surface area contributed by atoms with E-state index in [1.807, 2.05) is 6.92 Å². The molecule has 1 N–H and O–H groups in total. The van der Waals surface area contributed by atoms with Crippen LogP contribution >= 0.6 is 0 Å². The van der Waals surface area contributed by atoms with Crippen LogP contribution in [0.15, 0.2) is 0 Å². The molecule has 0 aliphatic carbocycles. The van der Waals surface area contributed by atoms with Gasteiger partial charge < -0.3 is 14.7 Å². The number of hydrogen-bond donors (Lipinski definition) is 1. The minimum absolute atomic E-state index is 0.0204. The molecule has 2 rings (SSSR count). The van der Waals surface area contributed by atoms with Crippen LogP contribution in [0.5, 0.6) is 0 Å². The summed E-state index contributed by atoms with van der Waals surface area (Å²) in [5.41, 5.74) is 0. The summed E-state index contributed by atoms with van der Waals surface area (Å²) >= 11 is 0. The number of amides is 1. The summed E-state index contributed by atoms with van der Waals surface area (Å²) < 4.78 is 5.57. The first-order valence-corrected chi connectivity index (χ1v) is 7.23. The van der Waals surface area contributed by atoms with Crippen molar-refractivity contribution in [1.29, 1.82) is 0 Å². The number of ether oxygens (including phenoxy) is 1. The number of carbonyl (C=O) groups is 2. The van der Waals surface area contributed by atoms with Crippen LogP contribution in [-0.4, -0.2) is 47.2 Å². The number of carbonyl (C=O) groups excluding carboxylic acids is 1. The van der Waals surface area contributed by atoms with Gasteiger partial charge in [0.1, 0.15) is 6.04 Å². The zero-order valence-corrected chi connectivity index (χ0v) is 11.5. The van der Waals surface area contributed by atoms with Gasteiger partial charge in [-0.1, -0.05) is 6.92 Å². The Morgan fingerprint density at radius 3 is 2.68 bits per heavy atom. The summed E-state index contributed by atoms with van der Waals surface area (Å²) in [5.74, 6) is -0.918. The van der Waals surface area contributed by atoms with Gasteiger partial charge in [0.2, 0.25) is 5.91 Å². The molecule has 3 atom stereocenters. The molecule has 2 saturated heterocycles. The van der Waals surface area contributed by atoms with Gasteiger partial charge in [-0.2, -0.15) is 0 Å². The highest BCUT2D eigenvalue weighted by molar-refractivity contribution is 5.84. The highest BCUT2D eigenvalue weighted by Crippen LogP contribution is 2.25. The molecule has 2 aliphatic heterocycles. The molecule has 0 aromatic rings. The van der Waals surface area contributed by atoms with Crippen molar-refractivity contribution in [3.63, 3.8) is 0 Å². The number of rotatable bonds is 3. The van der Waals surface area contributed by atoms with Gasteiger partial charge in [-0.05, 0) is 38.0 Å². The minimum atomic E-state index is -0.884. The van der Waals surface area contributed by atoms with E-state index < -0.39 is 12.0 Å². The summed E-state index contributed by atoms with van der Waals surface area (Å²) in [6.07, 6.45) is 5.14. The largest absolute Gasteiger partial charge is 0.480 e. The maximum Gasteiger partial charge on any atom is 0.326 e. The first kappa shape index (κ1) is 14.3. The van der Waals surface area contributed by atoms with E-state index in [4.69, 9.17) is 4.74 Å². The number of likely N-dealkylation sites (tertiary alicyclic amines) is 1. The van der Waals surface area contributed by atoms with Crippen LogP contribution < -0.4 is 0 Å². The molecule has 0 aromatic carbocycles. The molecule has 0 aromatic heterocycles. The lowest BCUT2D eigenvalue weighted by molar-refractivity contribution is -0.156. The lowest BCUT2D eigenvalue weighted by Crippen LogP contribution is -2.52. The zero-order valence-electron chi connectivity index (χ0n) is 11.5. The maximum absolute atomic E-state index is 12.3. The third kappa shape index (κ3) is 3.47. The molecule has 1 amide bonds. The Morgan fingerprint density at radius 2 is 2.05 bits per heavy atom. The first-order chi connectivity index (χ1) is 9.09. The van der Waals surface area contributed by atoms with Gasteiger partial charge in [0, 0.05) is 13.2 Å². The predicted molar refractivity (Wildman–Crippen MR) is 69.7 cm³/mol.